The SMILES string of the molecule is CC(=O)C1CCC2SC(N)=NC21. The molecule has 1 aliphatic heterocycles. The molecule has 2 rings (SSSR count). The van der Waals surface area contributed by atoms with Gasteiger partial charge in [-0.15, -0.1) is 0 Å². The van der Waals surface area contributed by atoms with Crippen molar-refractivity contribution in [1.29, 1.82) is 0 Å². The van der Waals surface area contributed by atoms with E-state index in [9.17, 15) is 4.79 Å². The maximum Gasteiger partial charge on any atom is 0.154 e. The number of fused-ring (bicyclic) bond motifs is 1. The molecule has 0 amide bonds. The Morgan fingerprint density at radius 2 is 2.42 bits per heavy atom. The highest BCUT2D eigenvalue weighted by Crippen LogP contribution is 2.41. The number of hydrogen-bond acceptors (Lipinski definition) is 4. The number of nitrogens with two attached hydrogens (primary N) is 1. The molecular weight excluding hydrogens is 172 g/mol. The summed E-state index contributed by atoms with van der Waals surface area (Å²) >= 11 is 1.63. The summed E-state index contributed by atoms with van der Waals surface area (Å²) in [5.41, 5.74) is 5.59. The predicted octanol–water partition coefficient (Wildman–Crippen LogP) is 0.784. The van der Waals surface area contributed by atoms with Crippen molar-refractivity contribution in [3.05, 3.63) is 0 Å². The molecule has 3 nitrogen and oxygen atoms in total. The van der Waals surface area contributed by atoms with Gasteiger partial charge in [0.2, 0.25) is 0 Å². The molecule has 1 fully saturated rings. The normalized spacial score (nSPS) is 39.4. The van der Waals surface area contributed by atoms with Crippen molar-refractivity contribution in [3.8, 4) is 0 Å². The smallest absolute Gasteiger partial charge is 0.154 e. The van der Waals surface area contributed by atoms with E-state index in [1.807, 2.05) is 0 Å². The predicted molar refractivity (Wildman–Crippen MR) is 50.2 cm³/mol. The summed E-state index contributed by atoms with van der Waals surface area (Å²) in [6.07, 6.45) is 2.08. The number of thioether (sulfide) groups is 1. The van der Waals surface area contributed by atoms with E-state index in [1.54, 1.807) is 18.7 Å². The summed E-state index contributed by atoms with van der Waals surface area (Å²) in [7, 11) is 0. The van der Waals surface area contributed by atoms with Crippen LogP contribution in [0.15, 0.2) is 4.99 Å². The Bertz CT molecular complexity index is 251. The Labute approximate surface area is 75.8 Å². The molecule has 3 atom stereocenters. The number of nitrogens with zero attached hydrogens (tertiary/aromatic N) is 1. The van der Waals surface area contributed by atoms with E-state index in [1.165, 1.54) is 0 Å². The van der Waals surface area contributed by atoms with Crippen molar-refractivity contribution in [1.82, 2.24) is 0 Å². The minimum absolute atomic E-state index is 0.142. The van der Waals surface area contributed by atoms with Gasteiger partial charge in [-0.25, -0.2) is 0 Å². The van der Waals surface area contributed by atoms with Gasteiger partial charge in [0.15, 0.2) is 5.17 Å². The zero-order valence-electron chi connectivity index (χ0n) is 6.99. The van der Waals surface area contributed by atoms with Crippen LogP contribution in [0.3, 0.4) is 0 Å². The van der Waals surface area contributed by atoms with Crippen molar-refractivity contribution in [2.24, 2.45) is 16.6 Å². The van der Waals surface area contributed by atoms with Crippen LogP contribution in [-0.4, -0.2) is 22.2 Å². The van der Waals surface area contributed by atoms with E-state index in [-0.39, 0.29) is 17.7 Å². The standard InChI is InChI=1S/C8H12N2OS/c1-4(11)5-2-3-6-7(5)10-8(9)12-6/h5-7H,2-3H2,1H3,(H2,9,10). The molecule has 1 saturated carbocycles. The molecule has 1 heterocycles. The number of rotatable bonds is 1. The van der Waals surface area contributed by atoms with E-state index in [4.69, 9.17) is 5.73 Å². The first-order valence-corrected chi connectivity index (χ1v) is 5.07. The summed E-state index contributed by atoms with van der Waals surface area (Å²) < 4.78 is 0. The van der Waals surface area contributed by atoms with E-state index in [0.717, 1.165) is 12.8 Å². The maximum atomic E-state index is 11.2. The van der Waals surface area contributed by atoms with Crippen LogP contribution in [0.25, 0.3) is 0 Å². The molecule has 0 aromatic heterocycles. The third-order valence-corrected chi connectivity index (χ3v) is 3.79. The van der Waals surface area contributed by atoms with Gasteiger partial charge in [0.25, 0.3) is 0 Å². The largest absolute Gasteiger partial charge is 0.379 e. The van der Waals surface area contributed by atoms with Crippen LogP contribution < -0.4 is 5.73 Å². The number of Topliss-reactive ketones (excluding diaryl/α,β-unsaturated/α-hetero) is 1. The van der Waals surface area contributed by atoms with Crippen LogP contribution in [0, 0.1) is 5.92 Å². The Morgan fingerprint density at radius 3 is 3.08 bits per heavy atom. The highest BCUT2D eigenvalue weighted by atomic mass is 32.2. The van der Waals surface area contributed by atoms with E-state index >= 15 is 0 Å². The molecule has 0 aromatic carbocycles. The third-order valence-electron chi connectivity index (χ3n) is 2.63. The minimum atomic E-state index is 0.142. The quantitative estimate of drug-likeness (QED) is 0.655. The fourth-order valence-corrected chi connectivity index (χ4v) is 3.16. The van der Waals surface area contributed by atoms with E-state index in [0.29, 0.717) is 10.4 Å². The third kappa shape index (κ3) is 1.14. The second-order valence-electron chi connectivity index (χ2n) is 3.41. The maximum absolute atomic E-state index is 11.2. The molecule has 12 heavy (non-hydrogen) atoms. The summed E-state index contributed by atoms with van der Waals surface area (Å²) in [4.78, 5) is 15.5. The molecule has 0 saturated heterocycles. The monoisotopic (exact) mass is 184 g/mol. The van der Waals surface area contributed by atoms with Crippen molar-refractivity contribution >= 4 is 22.7 Å². The second-order valence-corrected chi connectivity index (χ2v) is 4.67. The molecular formula is C8H12N2OS. The fourth-order valence-electron chi connectivity index (χ4n) is 2.02. The summed E-state index contributed by atoms with van der Waals surface area (Å²) in [5, 5.41) is 1.15. The lowest BCUT2D eigenvalue weighted by Gasteiger charge is -2.10. The number of amidine groups is 1. The molecule has 2 N–H and O–H groups in total. The van der Waals surface area contributed by atoms with Gasteiger partial charge in [-0.1, -0.05) is 11.8 Å². The van der Waals surface area contributed by atoms with Gasteiger partial charge >= 0.3 is 0 Å². The summed E-state index contributed by atoms with van der Waals surface area (Å²) in [6.45, 7) is 1.65. The van der Waals surface area contributed by atoms with Gasteiger partial charge in [0.05, 0.1) is 6.04 Å². The Hall–Kier alpha value is -0.510. The number of hydrogen-bond donors (Lipinski definition) is 1. The van der Waals surface area contributed by atoms with Gasteiger partial charge < -0.3 is 5.73 Å². The molecule has 66 valence electrons. The van der Waals surface area contributed by atoms with Crippen molar-refractivity contribution in [2.45, 2.75) is 31.1 Å². The van der Waals surface area contributed by atoms with E-state index in [2.05, 4.69) is 4.99 Å². The average molecular weight is 184 g/mol. The fraction of sp³-hybridized carbons (Fsp3) is 0.750. The first-order valence-electron chi connectivity index (χ1n) is 4.19. The van der Waals surface area contributed by atoms with Gasteiger partial charge in [0, 0.05) is 11.2 Å². The van der Waals surface area contributed by atoms with Crippen LogP contribution in [0.2, 0.25) is 0 Å². The summed E-state index contributed by atoms with van der Waals surface area (Å²) in [6, 6.07) is 0.187. The van der Waals surface area contributed by atoms with Crippen molar-refractivity contribution in [3.63, 3.8) is 0 Å². The van der Waals surface area contributed by atoms with Crippen molar-refractivity contribution < 1.29 is 4.79 Å². The second kappa shape index (κ2) is 2.76. The van der Waals surface area contributed by atoms with Gasteiger partial charge in [-0.2, -0.15) is 0 Å². The Kier molecular flexibility index (Phi) is 1.87. The van der Waals surface area contributed by atoms with Crippen molar-refractivity contribution in [2.75, 3.05) is 0 Å². The summed E-state index contributed by atoms with van der Waals surface area (Å²) in [5.74, 6) is 0.408. The Morgan fingerprint density at radius 1 is 1.67 bits per heavy atom. The van der Waals surface area contributed by atoms with Crippen LogP contribution in [-0.2, 0) is 4.79 Å². The van der Waals surface area contributed by atoms with Gasteiger partial charge in [-0.3, -0.25) is 9.79 Å². The first kappa shape index (κ1) is 8.10. The molecule has 2 aliphatic rings. The van der Waals surface area contributed by atoms with Gasteiger partial charge in [0.1, 0.15) is 5.78 Å². The number of carbonyl (C=O) groups excluding carboxylic acids is 1. The lowest BCUT2D eigenvalue weighted by Crippen LogP contribution is -2.23. The molecule has 3 unspecified atom stereocenters. The molecule has 4 heteroatoms. The Balaban J connectivity index is 2.17. The highest BCUT2D eigenvalue weighted by molar-refractivity contribution is 8.14. The molecule has 0 radical (unpaired) electrons. The zero-order chi connectivity index (χ0) is 8.72. The topological polar surface area (TPSA) is 55.5 Å². The lowest BCUT2D eigenvalue weighted by atomic mass is 10.00. The van der Waals surface area contributed by atoms with Crippen LogP contribution >= 0.6 is 11.8 Å². The number of aliphatic imine (C=N–C) groups is 1. The van der Waals surface area contributed by atoms with Gasteiger partial charge in [-0.05, 0) is 19.8 Å². The first-order chi connectivity index (χ1) is 5.68. The van der Waals surface area contributed by atoms with Crippen LogP contribution in [0.5, 0.6) is 0 Å². The average Bonchev–Trinajstić information content (AvgIpc) is 2.43. The highest BCUT2D eigenvalue weighted by Gasteiger charge is 2.42. The molecule has 0 spiro atoms. The zero-order valence-corrected chi connectivity index (χ0v) is 7.80. The lowest BCUT2D eigenvalue weighted by molar-refractivity contribution is -0.120. The number of carbonyl (C=O) groups is 1. The minimum Gasteiger partial charge on any atom is -0.379 e. The van der Waals surface area contributed by atoms with Crippen LogP contribution in [0.1, 0.15) is 19.8 Å². The number of ketones is 1. The molecule has 0 aromatic rings. The molecule has 1 aliphatic carbocycles. The molecule has 0 bridgehead atoms. The van der Waals surface area contributed by atoms with Crippen LogP contribution in [0.4, 0.5) is 0 Å². The van der Waals surface area contributed by atoms with E-state index < -0.39 is 0 Å².